The van der Waals surface area contributed by atoms with Gasteiger partial charge >= 0.3 is 0 Å². The predicted molar refractivity (Wildman–Crippen MR) is 118 cm³/mol. The van der Waals surface area contributed by atoms with Gasteiger partial charge in [0, 0.05) is 17.1 Å². The number of para-hydroxylation sites is 1. The molecule has 7 nitrogen and oxygen atoms in total. The molecule has 4 aromatic rings. The molecular formula is C21H19N5O2S2. The summed E-state index contributed by atoms with van der Waals surface area (Å²) in [5.74, 6) is 0.587. The molecule has 1 aliphatic heterocycles. The van der Waals surface area contributed by atoms with Crippen molar-refractivity contribution in [1.29, 1.82) is 0 Å². The molecule has 1 aromatic carbocycles. The number of thiophene rings is 1. The number of carbonyl (C=O) groups is 1. The van der Waals surface area contributed by atoms with E-state index in [-0.39, 0.29) is 23.9 Å². The number of thioether (sulfide) groups is 1. The number of carbonyl (C=O) groups excluding carboxylic acids is 1. The minimum Gasteiger partial charge on any atom is -0.351 e. The number of amides is 1. The summed E-state index contributed by atoms with van der Waals surface area (Å²) in [4.78, 5) is 31.5. The molecule has 0 aliphatic carbocycles. The average molecular weight is 438 g/mol. The third-order valence-corrected chi connectivity index (χ3v) is 7.15. The second-order valence-corrected chi connectivity index (χ2v) is 9.19. The molecule has 0 bridgehead atoms. The van der Waals surface area contributed by atoms with Crippen molar-refractivity contribution < 1.29 is 4.79 Å². The van der Waals surface area contributed by atoms with Gasteiger partial charge in [-0.25, -0.2) is 9.67 Å². The molecule has 0 spiro atoms. The molecule has 9 heteroatoms. The fourth-order valence-electron chi connectivity index (χ4n) is 3.64. The number of nitrogens with one attached hydrogen (secondary N) is 1. The van der Waals surface area contributed by atoms with Gasteiger partial charge in [-0.2, -0.15) is 5.10 Å². The van der Waals surface area contributed by atoms with E-state index in [1.807, 2.05) is 48.7 Å². The topological polar surface area (TPSA) is 81.8 Å². The highest BCUT2D eigenvalue weighted by Crippen LogP contribution is 2.33. The maximum atomic E-state index is 13.2. The van der Waals surface area contributed by atoms with Gasteiger partial charge < -0.3 is 5.32 Å². The normalized spacial score (nSPS) is 15.4. The standard InChI is InChI=1S/C21H19N5O2S2/c1-13-5-2-3-7-17(13)26-19-16(11-23-26)20(28)25-14(12-30-21(25)24-19)9-18(27)22-10-15-6-4-8-29-15/h2-8,11,14H,9-10,12H2,1H3,(H,22,27). The molecule has 1 amide bonds. The Morgan fingerprint density at radius 3 is 2.93 bits per heavy atom. The van der Waals surface area contributed by atoms with E-state index in [4.69, 9.17) is 4.98 Å². The average Bonchev–Trinajstić information content (AvgIpc) is 3.48. The van der Waals surface area contributed by atoms with E-state index in [9.17, 15) is 9.59 Å². The van der Waals surface area contributed by atoms with Crippen LogP contribution in [0.4, 0.5) is 0 Å². The van der Waals surface area contributed by atoms with Crippen molar-refractivity contribution in [1.82, 2.24) is 24.6 Å². The Morgan fingerprint density at radius 2 is 2.13 bits per heavy atom. The molecule has 0 saturated heterocycles. The van der Waals surface area contributed by atoms with Crippen LogP contribution in [0.25, 0.3) is 16.7 Å². The molecule has 152 valence electrons. The largest absolute Gasteiger partial charge is 0.351 e. The highest BCUT2D eigenvalue weighted by atomic mass is 32.2. The lowest BCUT2D eigenvalue weighted by atomic mass is 10.2. The van der Waals surface area contributed by atoms with Crippen molar-refractivity contribution in [3.8, 4) is 5.69 Å². The molecule has 1 N–H and O–H groups in total. The van der Waals surface area contributed by atoms with Crippen LogP contribution in [0.3, 0.4) is 0 Å². The molecule has 30 heavy (non-hydrogen) atoms. The number of hydrogen-bond donors (Lipinski definition) is 1. The highest BCUT2D eigenvalue weighted by molar-refractivity contribution is 7.99. The van der Waals surface area contributed by atoms with Crippen LogP contribution < -0.4 is 10.9 Å². The first-order chi connectivity index (χ1) is 14.6. The van der Waals surface area contributed by atoms with Crippen LogP contribution in [0.5, 0.6) is 0 Å². The molecule has 0 radical (unpaired) electrons. The van der Waals surface area contributed by atoms with Crippen molar-refractivity contribution in [2.75, 3.05) is 5.75 Å². The molecule has 0 fully saturated rings. The van der Waals surface area contributed by atoms with Gasteiger partial charge in [-0.1, -0.05) is 36.0 Å². The summed E-state index contributed by atoms with van der Waals surface area (Å²) in [5, 5.41) is 10.5. The number of aromatic nitrogens is 4. The summed E-state index contributed by atoms with van der Waals surface area (Å²) >= 11 is 3.12. The van der Waals surface area contributed by atoms with Crippen molar-refractivity contribution >= 4 is 40.0 Å². The first-order valence-electron chi connectivity index (χ1n) is 9.60. The van der Waals surface area contributed by atoms with E-state index in [0.29, 0.717) is 28.5 Å². The van der Waals surface area contributed by atoms with Crippen LogP contribution in [0.2, 0.25) is 0 Å². The summed E-state index contributed by atoms with van der Waals surface area (Å²) in [7, 11) is 0. The Morgan fingerprint density at radius 1 is 1.27 bits per heavy atom. The van der Waals surface area contributed by atoms with Gasteiger partial charge in [-0.15, -0.1) is 11.3 Å². The van der Waals surface area contributed by atoms with E-state index in [0.717, 1.165) is 16.1 Å². The van der Waals surface area contributed by atoms with Crippen molar-refractivity contribution in [2.24, 2.45) is 0 Å². The Bertz CT molecular complexity index is 1290. The summed E-state index contributed by atoms with van der Waals surface area (Å²) in [5.41, 5.74) is 2.36. The van der Waals surface area contributed by atoms with Crippen molar-refractivity contribution in [3.63, 3.8) is 0 Å². The predicted octanol–water partition coefficient (Wildman–Crippen LogP) is 3.31. The first-order valence-corrected chi connectivity index (χ1v) is 11.5. The Hall–Kier alpha value is -2.91. The zero-order valence-corrected chi connectivity index (χ0v) is 17.9. The van der Waals surface area contributed by atoms with Crippen LogP contribution in [0.1, 0.15) is 22.9 Å². The van der Waals surface area contributed by atoms with Crippen molar-refractivity contribution in [2.45, 2.75) is 31.1 Å². The molecular weight excluding hydrogens is 418 g/mol. The van der Waals surface area contributed by atoms with Crippen LogP contribution in [-0.2, 0) is 11.3 Å². The third-order valence-electron chi connectivity index (χ3n) is 5.18. The molecule has 3 aromatic heterocycles. The fourth-order valence-corrected chi connectivity index (χ4v) is 5.42. The van der Waals surface area contributed by atoms with Crippen LogP contribution >= 0.6 is 23.1 Å². The molecule has 1 atom stereocenters. The Kier molecular flexibility index (Phi) is 4.92. The Balaban J connectivity index is 1.44. The number of nitrogens with zero attached hydrogens (tertiary/aromatic N) is 4. The van der Waals surface area contributed by atoms with E-state index in [1.54, 1.807) is 26.8 Å². The molecule has 1 unspecified atom stereocenters. The number of benzene rings is 1. The first kappa shape index (κ1) is 19.1. The van der Waals surface area contributed by atoms with E-state index in [1.165, 1.54) is 11.8 Å². The smallest absolute Gasteiger partial charge is 0.265 e. The number of fused-ring (bicyclic) bond motifs is 2. The Labute approximate surface area is 180 Å². The van der Waals surface area contributed by atoms with Crippen molar-refractivity contribution in [3.05, 3.63) is 68.8 Å². The number of aryl methyl sites for hydroxylation is 1. The van der Waals surface area contributed by atoms with Crippen LogP contribution in [0, 0.1) is 6.92 Å². The lowest BCUT2D eigenvalue weighted by Gasteiger charge is -2.13. The molecule has 5 rings (SSSR count). The zero-order valence-electron chi connectivity index (χ0n) is 16.2. The third kappa shape index (κ3) is 3.33. The van der Waals surface area contributed by atoms with E-state index >= 15 is 0 Å². The minimum atomic E-state index is -0.209. The molecule has 4 heterocycles. The summed E-state index contributed by atoms with van der Waals surface area (Å²) in [6, 6.07) is 11.6. The minimum absolute atomic E-state index is 0.0653. The SMILES string of the molecule is Cc1ccccc1-n1ncc2c(=O)n3c(nc21)SCC3CC(=O)NCc1cccs1. The van der Waals surface area contributed by atoms with Gasteiger partial charge in [0.2, 0.25) is 5.91 Å². The highest BCUT2D eigenvalue weighted by Gasteiger charge is 2.29. The quantitative estimate of drug-likeness (QED) is 0.485. The second kappa shape index (κ2) is 7.73. The van der Waals surface area contributed by atoms with Gasteiger partial charge in [0.15, 0.2) is 10.8 Å². The fraction of sp³-hybridized carbons (Fsp3) is 0.238. The van der Waals surface area contributed by atoms with Gasteiger partial charge in [0.25, 0.3) is 5.56 Å². The maximum Gasteiger partial charge on any atom is 0.265 e. The molecule has 1 aliphatic rings. The van der Waals surface area contributed by atoms with Gasteiger partial charge in [0.05, 0.1) is 24.5 Å². The van der Waals surface area contributed by atoms with Gasteiger partial charge in [-0.05, 0) is 30.0 Å². The van der Waals surface area contributed by atoms with E-state index < -0.39 is 0 Å². The molecule has 0 saturated carbocycles. The van der Waals surface area contributed by atoms with Crippen LogP contribution in [0.15, 0.2) is 57.9 Å². The van der Waals surface area contributed by atoms with Crippen LogP contribution in [-0.4, -0.2) is 31.0 Å². The number of hydrogen-bond acceptors (Lipinski definition) is 6. The lowest BCUT2D eigenvalue weighted by Crippen LogP contribution is -2.30. The maximum absolute atomic E-state index is 13.2. The van der Waals surface area contributed by atoms with Gasteiger partial charge in [0.1, 0.15) is 5.39 Å². The zero-order chi connectivity index (χ0) is 20.7. The number of rotatable bonds is 5. The lowest BCUT2D eigenvalue weighted by molar-refractivity contribution is -0.121. The summed E-state index contributed by atoms with van der Waals surface area (Å²) < 4.78 is 3.37. The summed E-state index contributed by atoms with van der Waals surface area (Å²) in [6.07, 6.45) is 1.83. The summed E-state index contributed by atoms with van der Waals surface area (Å²) in [6.45, 7) is 2.52. The monoisotopic (exact) mass is 437 g/mol. The van der Waals surface area contributed by atoms with E-state index in [2.05, 4.69) is 10.4 Å². The van der Waals surface area contributed by atoms with Gasteiger partial charge in [-0.3, -0.25) is 14.2 Å². The second-order valence-electron chi connectivity index (χ2n) is 7.17.